The third-order valence-electron chi connectivity index (χ3n) is 6.74. The van der Waals surface area contributed by atoms with E-state index in [-0.39, 0.29) is 17.7 Å². The average Bonchev–Trinajstić information content (AvgIpc) is 3.39. The van der Waals surface area contributed by atoms with Gasteiger partial charge in [0, 0.05) is 49.8 Å². The van der Waals surface area contributed by atoms with Crippen LogP contribution in [0.4, 0.5) is 5.82 Å². The minimum Gasteiger partial charge on any atom is -0.342 e. The number of anilines is 1. The maximum Gasteiger partial charge on any atom is 0.236 e. The van der Waals surface area contributed by atoms with E-state index in [1.165, 1.54) is 0 Å². The van der Waals surface area contributed by atoms with Gasteiger partial charge in [-0.25, -0.2) is 9.97 Å². The number of carbonyl (C=O) groups excluding carboxylic acids is 2. The van der Waals surface area contributed by atoms with Gasteiger partial charge in [0.2, 0.25) is 11.8 Å². The van der Waals surface area contributed by atoms with Crippen molar-refractivity contribution < 1.29 is 9.59 Å². The molecule has 2 fully saturated rings. The van der Waals surface area contributed by atoms with Gasteiger partial charge in [0.15, 0.2) is 0 Å². The highest BCUT2D eigenvalue weighted by molar-refractivity contribution is 5.95. The highest BCUT2D eigenvalue weighted by atomic mass is 16.2. The van der Waals surface area contributed by atoms with Crippen LogP contribution in [0.25, 0.3) is 0 Å². The second-order valence-corrected chi connectivity index (χ2v) is 9.51. The molecule has 0 unspecified atom stereocenters. The Balaban J connectivity index is 1.48. The van der Waals surface area contributed by atoms with Crippen molar-refractivity contribution in [1.82, 2.24) is 19.8 Å². The van der Waals surface area contributed by atoms with E-state index in [4.69, 9.17) is 9.97 Å². The van der Waals surface area contributed by atoms with Crippen LogP contribution in [0.1, 0.15) is 69.0 Å². The van der Waals surface area contributed by atoms with Crippen LogP contribution in [0.3, 0.4) is 0 Å². The highest BCUT2D eigenvalue weighted by Crippen LogP contribution is 2.32. The number of carbonyl (C=O) groups is 2. The monoisotopic (exact) mass is 413 g/mol. The molecule has 1 aromatic heterocycles. The van der Waals surface area contributed by atoms with Gasteiger partial charge in [0.1, 0.15) is 11.6 Å². The first-order valence-corrected chi connectivity index (χ1v) is 11.6. The number of aromatic nitrogens is 2. The number of aryl methyl sites for hydroxylation is 1. The van der Waals surface area contributed by atoms with Crippen molar-refractivity contribution in [3.8, 4) is 0 Å². The second kappa shape index (κ2) is 9.00. The van der Waals surface area contributed by atoms with Gasteiger partial charge in [0.05, 0.1) is 6.54 Å². The molecule has 0 saturated carbocycles. The van der Waals surface area contributed by atoms with E-state index in [0.29, 0.717) is 18.9 Å². The smallest absolute Gasteiger partial charge is 0.236 e. The number of likely N-dealkylation sites (tertiary alicyclic amines) is 2. The van der Waals surface area contributed by atoms with Crippen molar-refractivity contribution in [2.24, 2.45) is 5.92 Å². The summed E-state index contributed by atoms with van der Waals surface area (Å²) in [7, 11) is 0. The molecule has 0 radical (unpaired) electrons. The zero-order valence-electron chi connectivity index (χ0n) is 18.7. The largest absolute Gasteiger partial charge is 0.342 e. The minimum absolute atomic E-state index is 0.177. The van der Waals surface area contributed by atoms with Gasteiger partial charge in [-0.2, -0.15) is 0 Å². The van der Waals surface area contributed by atoms with Gasteiger partial charge >= 0.3 is 0 Å². The van der Waals surface area contributed by atoms with Crippen molar-refractivity contribution >= 4 is 17.6 Å². The van der Waals surface area contributed by atoms with Crippen molar-refractivity contribution in [2.75, 3.05) is 44.2 Å². The Labute approximate surface area is 179 Å². The summed E-state index contributed by atoms with van der Waals surface area (Å²) in [6.45, 7) is 11.2. The summed E-state index contributed by atoms with van der Waals surface area (Å²) in [6.07, 6.45) is 5.47. The van der Waals surface area contributed by atoms with E-state index in [1.54, 1.807) is 0 Å². The Kier molecular flexibility index (Phi) is 6.37. The van der Waals surface area contributed by atoms with E-state index in [1.807, 2.05) is 16.7 Å². The van der Waals surface area contributed by atoms with Crippen LogP contribution in [0, 0.1) is 12.8 Å². The fourth-order valence-electron chi connectivity index (χ4n) is 4.85. The lowest BCUT2D eigenvalue weighted by atomic mass is 10.0. The van der Waals surface area contributed by atoms with Crippen LogP contribution >= 0.6 is 0 Å². The molecular weight excluding hydrogens is 378 g/mol. The van der Waals surface area contributed by atoms with Crippen LogP contribution < -0.4 is 4.90 Å². The van der Waals surface area contributed by atoms with Crippen LogP contribution in [-0.4, -0.2) is 70.9 Å². The highest BCUT2D eigenvalue weighted by Gasteiger charge is 2.32. The summed E-state index contributed by atoms with van der Waals surface area (Å²) in [6, 6.07) is 0. The molecule has 0 aromatic carbocycles. The Bertz CT molecular complexity index is 803. The second-order valence-electron chi connectivity index (χ2n) is 9.51. The number of hydrogen-bond donors (Lipinski definition) is 0. The number of hydrogen-bond acceptors (Lipinski definition) is 5. The zero-order chi connectivity index (χ0) is 21.3. The lowest BCUT2D eigenvalue weighted by Crippen LogP contribution is -2.38. The van der Waals surface area contributed by atoms with Crippen LogP contribution in [0.2, 0.25) is 0 Å². The molecule has 1 atom stereocenters. The van der Waals surface area contributed by atoms with E-state index in [9.17, 15) is 9.59 Å². The lowest BCUT2D eigenvalue weighted by Gasteiger charge is -2.30. The number of rotatable bonds is 6. The fraction of sp³-hybridized carbons (Fsp3) is 0.739. The SMILES string of the molecule is Cc1nc([C@H]2CCN(CC(=O)N3CCCC3)C2)nc2c1CCC(=O)N2CCC(C)C. The van der Waals surface area contributed by atoms with Crippen molar-refractivity contribution in [1.29, 1.82) is 0 Å². The molecule has 0 N–H and O–H groups in total. The van der Waals surface area contributed by atoms with Gasteiger partial charge < -0.3 is 4.90 Å². The summed E-state index contributed by atoms with van der Waals surface area (Å²) in [5.74, 6) is 2.87. The molecule has 7 nitrogen and oxygen atoms in total. The van der Waals surface area contributed by atoms with Gasteiger partial charge in [-0.05, 0) is 51.5 Å². The molecule has 0 spiro atoms. The summed E-state index contributed by atoms with van der Waals surface area (Å²) in [4.78, 5) is 41.0. The minimum atomic E-state index is 0.177. The Hall–Kier alpha value is -2.02. The maximum absolute atomic E-state index is 12.6. The first kappa shape index (κ1) is 21.2. The summed E-state index contributed by atoms with van der Waals surface area (Å²) in [5, 5.41) is 0. The van der Waals surface area contributed by atoms with Gasteiger partial charge in [-0.15, -0.1) is 0 Å². The van der Waals surface area contributed by atoms with Crippen molar-refractivity contribution in [3.05, 3.63) is 17.1 Å². The fourth-order valence-corrected chi connectivity index (χ4v) is 4.85. The molecule has 4 heterocycles. The standard InChI is InChI=1S/C23H35N5O2/c1-16(2)8-13-28-20(29)7-6-19-17(3)24-22(25-23(19)28)18-9-12-26(14-18)15-21(30)27-10-4-5-11-27/h16,18H,4-15H2,1-3H3/t18-/m0/s1. The summed E-state index contributed by atoms with van der Waals surface area (Å²) in [5.41, 5.74) is 2.13. The van der Waals surface area contributed by atoms with Crippen LogP contribution in [0.15, 0.2) is 0 Å². The van der Waals surface area contributed by atoms with E-state index < -0.39 is 0 Å². The van der Waals surface area contributed by atoms with Crippen molar-refractivity contribution in [2.45, 2.75) is 65.2 Å². The third-order valence-corrected chi connectivity index (χ3v) is 6.74. The molecule has 3 aliphatic rings. The molecule has 0 aliphatic carbocycles. The quantitative estimate of drug-likeness (QED) is 0.717. The zero-order valence-corrected chi connectivity index (χ0v) is 18.7. The number of amides is 2. The lowest BCUT2D eigenvalue weighted by molar-refractivity contribution is -0.131. The van der Waals surface area contributed by atoms with Gasteiger partial charge in [-0.1, -0.05) is 13.8 Å². The number of fused-ring (bicyclic) bond motifs is 1. The van der Waals surface area contributed by atoms with Crippen molar-refractivity contribution in [3.63, 3.8) is 0 Å². The number of nitrogens with zero attached hydrogens (tertiary/aromatic N) is 5. The predicted molar refractivity (Wildman–Crippen MR) is 117 cm³/mol. The molecular formula is C23H35N5O2. The third kappa shape index (κ3) is 4.51. The summed E-state index contributed by atoms with van der Waals surface area (Å²) >= 11 is 0. The first-order valence-electron chi connectivity index (χ1n) is 11.6. The van der Waals surface area contributed by atoms with E-state index in [0.717, 1.165) is 87.7 Å². The average molecular weight is 414 g/mol. The van der Waals surface area contributed by atoms with Crippen LogP contribution in [-0.2, 0) is 16.0 Å². The van der Waals surface area contributed by atoms with Gasteiger partial charge in [-0.3, -0.25) is 19.4 Å². The van der Waals surface area contributed by atoms with E-state index >= 15 is 0 Å². The normalized spacial score (nSPS) is 22.3. The molecule has 30 heavy (non-hydrogen) atoms. The molecule has 3 aliphatic heterocycles. The Morgan fingerprint density at radius 3 is 2.63 bits per heavy atom. The topological polar surface area (TPSA) is 69.6 Å². The van der Waals surface area contributed by atoms with Gasteiger partial charge in [0.25, 0.3) is 0 Å². The molecule has 1 aromatic rings. The predicted octanol–water partition coefficient (Wildman–Crippen LogP) is 2.52. The maximum atomic E-state index is 12.6. The molecule has 164 valence electrons. The van der Waals surface area contributed by atoms with E-state index in [2.05, 4.69) is 18.7 Å². The Morgan fingerprint density at radius 2 is 1.90 bits per heavy atom. The molecule has 4 rings (SSSR count). The molecule has 2 saturated heterocycles. The summed E-state index contributed by atoms with van der Waals surface area (Å²) < 4.78 is 0. The molecule has 0 bridgehead atoms. The molecule has 7 heteroatoms. The Morgan fingerprint density at radius 1 is 1.13 bits per heavy atom. The first-order chi connectivity index (χ1) is 14.4. The van der Waals surface area contributed by atoms with Crippen LogP contribution in [0.5, 0.6) is 0 Å². The molecule has 2 amide bonds.